The van der Waals surface area contributed by atoms with Gasteiger partial charge in [-0.2, -0.15) is 0 Å². The molecule has 3 heteroatoms. The van der Waals surface area contributed by atoms with Gasteiger partial charge in [-0.15, -0.1) is 0 Å². The standard InChI is InChI=1S/C16H23NO2/c1-3-17-11-12(2)15(18)6-4-13-5-7-16-14(10-13)8-9-19-16/h5,7,10,12,17H,3-4,6,8-9,11H2,1-2H3. The van der Waals surface area contributed by atoms with E-state index in [0.29, 0.717) is 12.2 Å². The Balaban J connectivity index is 1.83. The largest absolute Gasteiger partial charge is 0.493 e. The minimum absolute atomic E-state index is 0.109. The summed E-state index contributed by atoms with van der Waals surface area (Å²) in [5, 5.41) is 3.22. The van der Waals surface area contributed by atoms with Crippen LogP contribution in [-0.2, 0) is 17.6 Å². The lowest BCUT2D eigenvalue weighted by atomic mass is 9.98. The summed E-state index contributed by atoms with van der Waals surface area (Å²) in [6.07, 6.45) is 2.46. The second-order valence-corrected chi connectivity index (χ2v) is 5.22. The van der Waals surface area contributed by atoms with Gasteiger partial charge in [0, 0.05) is 25.3 Å². The average molecular weight is 261 g/mol. The van der Waals surface area contributed by atoms with Crippen molar-refractivity contribution in [2.45, 2.75) is 33.1 Å². The van der Waals surface area contributed by atoms with Crippen molar-refractivity contribution in [1.82, 2.24) is 5.32 Å². The number of carbonyl (C=O) groups is 1. The molecular weight excluding hydrogens is 238 g/mol. The highest BCUT2D eigenvalue weighted by molar-refractivity contribution is 5.81. The number of hydrogen-bond donors (Lipinski definition) is 1. The lowest BCUT2D eigenvalue weighted by Gasteiger charge is -2.11. The van der Waals surface area contributed by atoms with Crippen LogP contribution in [0.1, 0.15) is 31.4 Å². The van der Waals surface area contributed by atoms with Crippen molar-refractivity contribution in [1.29, 1.82) is 0 Å². The van der Waals surface area contributed by atoms with Gasteiger partial charge < -0.3 is 10.1 Å². The van der Waals surface area contributed by atoms with Gasteiger partial charge in [0.15, 0.2) is 0 Å². The van der Waals surface area contributed by atoms with Gasteiger partial charge in [0.2, 0.25) is 0 Å². The highest BCUT2D eigenvalue weighted by atomic mass is 16.5. The molecule has 19 heavy (non-hydrogen) atoms. The van der Waals surface area contributed by atoms with Crippen LogP contribution < -0.4 is 10.1 Å². The van der Waals surface area contributed by atoms with E-state index in [1.54, 1.807) is 0 Å². The Labute approximate surface area is 115 Å². The first-order valence-corrected chi connectivity index (χ1v) is 7.18. The molecule has 104 valence electrons. The van der Waals surface area contributed by atoms with Gasteiger partial charge in [-0.1, -0.05) is 26.0 Å². The second kappa shape index (κ2) is 6.71. The summed E-state index contributed by atoms with van der Waals surface area (Å²) >= 11 is 0. The summed E-state index contributed by atoms with van der Waals surface area (Å²) < 4.78 is 5.49. The fourth-order valence-corrected chi connectivity index (χ4v) is 2.38. The van der Waals surface area contributed by atoms with E-state index < -0.39 is 0 Å². The van der Waals surface area contributed by atoms with E-state index in [1.807, 2.05) is 13.0 Å². The van der Waals surface area contributed by atoms with Crippen molar-refractivity contribution >= 4 is 5.78 Å². The highest BCUT2D eigenvalue weighted by Crippen LogP contribution is 2.26. The zero-order valence-electron chi connectivity index (χ0n) is 11.9. The first-order valence-electron chi connectivity index (χ1n) is 7.18. The summed E-state index contributed by atoms with van der Waals surface area (Å²) in [4.78, 5) is 12.0. The summed E-state index contributed by atoms with van der Waals surface area (Å²) in [5.74, 6) is 1.46. The molecule has 0 radical (unpaired) electrons. The fraction of sp³-hybridized carbons (Fsp3) is 0.562. The molecule has 0 bridgehead atoms. The van der Waals surface area contributed by atoms with Gasteiger partial charge in [-0.3, -0.25) is 4.79 Å². The average Bonchev–Trinajstić information content (AvgIpc) is 2.89. The zero-order valence-corrected chi connectivity index (χ0v) is 11.9. The Hall–Kier alpha value is -1.35. The van der Waals surface area contributed by atoms with E-state index in [2.05, 4.69) is 24.4 Å². The van der Waals surface area contributed by atoms with Crippen LogP contribution in [-0.4, -0.2) is 25.5 Å². The molecule has 1 unspecified atom stereocenters. The lowest BCUT2D eigenvalue weighted by molar-refractivity contribution is -0.122. The number of benzene rings is 1. The number of carbonyl (C=O) groups excluding carboxylic acids is 1. The molecule has 1 aliphatic heterocycles. The van der Waals surface area contributed by atoms with E-state index >= 15 is 0 Å². The Kier molecular flexibility index (Phi) is 4.97. The molecular formula is C16H23NO2. The van der Waals surface area contributed by atoms with Gasteiger partial charge in [0.1, 0.15) is 11.5 Å². The molecule has 0 amide bonds. The van der Waals surface area contributed by atoms with Crippen molar-refractivity contribution in [2.75, 3.05) is 19.7 Å². The Morgan fingerprint density at radius 1 is 1.47 bits per heavy atom. The molecule has 0 saturated carbocycles. The molecule has 1 N–H and O–H groups in total. The van der Waals surface area contributed by atoms with Crippen molar-refractivity contribution in [3.63, 3.8) is 0 Å². The molecule has 0 saturated heterocycles. The highest BCUT2D eigenvalue weighted by Gasteiger charge is 2.14. The maximum atomic E-state index is 12.0. The van der Waals surface area contributed by atoms with Gasteiger partial charge in [-0.25, -0.2) is 0 Å². The number of ether oxygens (including phenoxy) is 1. The van der Waals surface area contributed by atoms with Gasteiger partial charge in [-0.05, 0) is 30.2 Å². The van der Waals surface area contributed by atoms with Crippen molar-refractivity contribution in [3.8, 4) is 5.75 Å². The van der Waals surface area contributed by atoms with E-state index in [9.17, 15) is 4.79 Å². The van der Waals surface area contributed by atoms with E-state index in [4.69, 9.17) is 4.74 Å². The Bertz CT molecular complexity index is 442. The monoisotopic (exact) mass is 261 g/mol. The first-order chi connectivity index (χ1) is 9.20. The summed E-state index contributed by atoms with van der Waals surface area (Å²) in [6.45, 7) is 6.55. The third-order valence-corrected chi connectivity index (χ3v) is 3.66. The Morgan fingerprint density at radius 2 is 2.32 bits per heavy atom. The second-order valence-electron chi connectivity index (χ2n) is 5.22. The summed E-state index contributed by atoms with van der Waals surface area (Å²) in [5.41, 5.74) is 2.53. The molecule has 1 aromatic carbocycles. The number of ketones is 1. The lowest BCUT2D eigenvalue weighted by Crippen LogP contribution is -2.26. The van der Waals surface area contributed by atoms with Crippen LogP contribution in [0.15, 0.2) is 18.2 Å². The number of Topliss-reactive ketones (excluding diaryl/α,β-unsaturated/α-hetero) is 1. The maximum absolute atomic E-state index is 12.0. The quantitative estimate of drug-likeness (QED) is 0.819. The van der Waals surface area contributed by atoms with Crippen molar-refractivity contribution in [3.05, 3.63) is 29.3 Å². The Morgan fingerprint density at radius 3 is 3.11 bits per heavy atom. The van der Waals surface area contributed by atoms with Crippen LogP contribution in [0.25, 0.3) is 0 Å². The topological polar surface area (TPSA) is 38.3 Å². The number of fused-ring (bicyclic) bond motifs is 1. The zero-order chi connectivity index (χ0) is 13.7. The smallest absolute Gasteiger partial charge is 0.137 e. The van der Waals surface area contributed by atoms with Crippen LogP contribution >= 0.6 is 0 Å². The molecule has 1 aliphatic rings. The number of nitrogens with one attached hydrogen (secondary N) is 1. The van der Waals surface area contributed by atoms with Gasteiger partial charge in [0.05, 0.1) is 6.61 Å². The van der Waals surface area contributed by atoms with Crippen LogP contribution in [0.2, 0.25) is 0 Å². The van der Waals surface area contributed by atoms with E-state index in [0.717, 1.165) is 38.3 Å². The third kappa shape index (κ3) is 3.80. The van der Waals surface area contributed by atoms with E-state index in [1.165, 1.54) is 11.1 Å². The van der Waals surface area contributed by atoms with Gasteiger partial charge >= 0.3 is 0 Å². The molecule has 1 aromatic rings. The van der Waals surface area contributed by atoms with Crippen LogP contribution in [0, 0.1) is 5.92 Å². The minimum atomic E-state index is 0.109. The normalized spacial score (nSPS) is 14.8. The molecule has 3 nitrogen and oxygen atoms in total. The van der Waals surface area contributed by atoms with Crippen molar-refractivity contribution in [2.24, 2.45) is 5.92 Å². The number of rotatable bonds is 7. The molecule has 1 heterocycles. The van der Waals surface area contributed by atoms with E-state index in [-0.39, 0.29) is 5.92 Å². The number of hydrogen-bond acceptors (Lipinski definition) is 3. The predicted molar refractivity (Wildman–Crippen MR) is 76.7 cm³/mol. The molecule has 0 spiro atoms. The third-order valence-electron chi connectivity index (χ3n) is 3.66. The van der Waals surface area contributed by atoms with Crippen LogP contribution in [0.4, 0.5) is 0 Å². The van der Waals surface area contributed by atoms with Crippen molar-refractivity contribution < 1.29 is 9.53 Å². The predicted octanol–water partition coefficient (Wildman–Crippen LogP) is 2.37. The summed E-state index contributed by atoms with van der Waals surface area (Å²) in [6, 6.07) is 6.29. The van der Waals surface area contributed by atoms with Crippen LogP contribution in [0.5, 0.6) is 5.75 Å². The number of aryl methyl sites for hydroxylation is 1. The molecule has 0 aliphatic carbocycles. The molecule has 2 rings (SSSR count). The minimum Gasteiger partial charge on any atom is -0.493 e. The molecule has 0 aromatic heterocycles. The maximum Gasteiger partial charge on any atom is 0.137 e. The fourth-order valence-electron chi connectivity index (χ4n) is 2.38. The molecule has 0 fully saturated rings. The molecule has 1 atom stereocenters. The summed E-state index contributed by atoms with van der Waals surface area (Å²) in [7, 11) is 0. The first kappa shape index (κ1) is 14.1. The SMILES string of the molecule is CCNCC(C)C(=O)CCc1ccc2c(c1)CCO2. The van der Waals surface area contributed by atoms with Crippen LogP contribution in [0.3, 0.4) is 0 Å². The van der Waals surface area contributed by atoms with Gasteiger partial charge in [0.25, 0.3) is 0 Å².